The highest BCUT2D eigenvalue weighted by atomic mass is 16.2. The summed E-state index contributed by atoms with van der Waals surface area (Å²) in [5, 5.41) is 10.7. The first-order chi connectivity index (χ1) is 16.1. The summed E-state index contributed by atoms with van der Waals surface area (Å²) in [5.74, 6) is 0.295. The molecule has 0 radical (unpaired) electrons. The first kappa shape index (κ1) is 25.0. The highest BCUT2D eigenvalue weighted by Gasteiger charge is 2.23. The summed E-state index contributed by atoms with van der Waals surface area (Å²) in [6.45, 7) is 12.5. The fraction of sp³-hybridized carbons (Fsp3) is 0.370. The Balaban J connectivity index is 1.78. The molecule has 0 saturated carbocycles. The molecule has 0 bridgehead atoms. The van der Waals surface area contributed by atoms with Gasteiger partial charge in [0.05, 0.1) is 11.4 Å². The van der Waals surface area contributed by atoms with E-state index in [1.807, 2.05) is 75.4 Å². The van der Waals surface area contributed by atoms with Gasteiger partial charge in [-0.2, -0.15) is 5.10 Å². The Hall–Kier alpha value is -3.61. The molecule has 3 aromatic rings. The smallest absolute Gasteiger partial charge is 0.315 e. The van der Waals surface area contributed by atoms with Crippen LogP contribution in [0.3, 0.4) is 0 Å². The third-order valence-corrected chi connectivity index (χ3v) is 5.63. The van der Waals surface area contributed by atoms with Gasteiger partial charge in [0.1, 0.15) is 12.4 Å². The van der Waals surface area contributed by atoms with E-state index in [0.717, 1.165) is 34.6 Å². The maximum atomic E-state index is 13.0. The van der Waals surface area contributed by atoms with Gasteiger partial charge >= 0.3 is 6.03 Å². The topological polar surface area (TPSA) is 79.3 Å². The van der Waals surface area contributed by atoms with E-state index in [2.05, 4.69) is 31.4 Å². The van der Waals surface area contributed by atoms with Crippen molar-refractivity contribution in [2.75, 3.05) is 23.7 Å². The normalized spacial score (nSPS) is 11.2. The Labute approximate surface area is 202 Å². The minimum atomic E-state index is -0.305. The van der Waals surface area contributed by atoms with Crippen molar-refractivity contribution in [1.82, 2.24) is 14.7 Å². The van der Waals surface area contributed by atoms with Crippen LogP contribution >= 0.6 is 0 Å². The highest BCUT2D eigenvalue weighted by molar-refractivity contribution is 5.97. The van der Waals surface area contributed by atoms with E-state index in [0.29, 0.717) is 12.4 Å². The van der Waals surface area contributed by atoms with Crippen molar-refractivity contribution >= 4 is 23.4 Å². The Morgan fingerprint density at radius 1 is 1.00 bits per heavy atom. The first-order valence-electron chi connectivity index (χ1n) is 11.7. The number of nitrogens with zero attached hydrogens (tertiary/aromatic N) is 3. The molecule has 0 aliphatic rings. The maximum Gasteiger partial charge on any atom is 0.322 e. The van der Waals surface area contributed by atoms with Crippen molar-refractivity contribution in [3.63, 3.8) is 0 Å². The van der Waals surface area contributed by atoms with Gasteiger partial charge in [-0.15, -0.1) is 0 Å². The van der Waals surface area contributed by atoms with Gasteiger partial charge in [-0.3, -0.25) is 4.79 Å². The van der Waals surface area contributed by atoms with Gasteiger partial charge < -0.3 is 15.5 Å². The zero-order valence-corrected chi connectivity index (χ0v) is 21.0. The first-order valence-corrected chi connectivity index (χ1v) is 11.7. The van der Waals surface area contributed by atoms with Crippen molar-refractivity contribution in [3.8, 4) is 5.69 Å². The number of carbonyl (C=O) groups excluding carboxylic acids is 2. The van der Waals surface area contributed by atoms with Crippen LogP contribution in [0.4, 0.5) is 16.3 Å². The number of urea groups is 1. The molecule has 7 heteroatoms. The van der Waals surface area contributed by atoms with E-state index in [1.54, 1.807) is 4.68 Å². The lowest BCUT2D eigenvalue weighted by atomic mass is 9.92. The molecule has 1 aromatic heterocycles. The monoisotopic (exact) mass is 461 g/mol. The zero-order chi connectivity index (χ0) is 24.9. The number of para-hydroxylation sites is 1. The molecule has 2 aromatic carbocycles. The molecule has 0 unspecified atom stereocenters. The molecule has 2 N–H and O–H groups in total. The lowest BCUT2D eigenvalue weighted by molar-refractivity contribution is -0.116. The van der Waals surface area contributed by atoms with Gasteiger partial charge in [0, 0.05) is 23.7 Å². The molecule has 0 saturated heterocycles. The summed E-state index contributed by atoms with van der Waals surface area (Å²) < 4.78 is 1.75. The second kappa shape index (κ2) is 10.5. The summed E-state index contributed by atoms with van der Waals surface area (Å²) in [6.07, 6.45) is 0.808. The van der Waals surface area contributed by atoms with Gasteiger partial charge in [-0.1, -0.05) is 58.0 Å². The van der Waals surface area contributed by atoms with Crippen LogP contribution in [0.2, 0.25) is 0 Å². The number of aromatic nitrogens is 2. The van der Waals surface area contributed by atoms with E-state index in [-0.39, 0.29) is 23.9 Å². The lowest BCUT2D eigenvalue weighted by Gasteiger charge is -2.22. The molecule has 0 atom stereocenters. The number of carbonyl (C=O) groups is 2. The van der Waals surface area contributed by atoms with E-state index in [1.165, 1.54) is 4.90 Å². The predicted molar refractivity (Wildman–Crippen MR) is 138 cm³/mol. The molecule has 0 aliphatic carbocycles. The molecule has 34 heavy (non-hydrogen) atoms. The van der Waals surface area contributed by atoms with Crippen LogP contribution in [0.25, 0.3) is 5.69 Å². The zero-order valence-electron chi connectivity index (χ0n) is 21.0. The van der Waals surface area contributed by atoms with Crippen LogP contribution in [-0.4, -0.2) is 39.7 Å². The predicted octanol–water partition coefficient (Wildman–Crippen LogP) is 5.53. The van der Waals surface area contributed by atoms with E-state index < -0.39 is 0 Å². The largest absolute Gasteiger partial charge is 0.322 e. The Kier molecular flexibility index (Phi) is 7.76. The average molecular weight is 462 g/mol. The summed E-state index contributed by atoms with van der Waals surface area (Å²) in [7, 11) is 0. The van der Waals surface area contributed by atoms with Crippen LogP contribution in [-0.2, 0) is 16.6 Å². The van der Waals surface area contributed by atoms with Crippen LogP contribution in [0, 0.1) is 6.92 Å². The van der Waals surface area contributed by atoms with Crippen molar-refractivity contribution < 1.29 is 9.59 Å². The highest BCUT2D eigenvalue weighted by Crippen LogP contribution is 2.26. The fourth-order valence-corrected chi connectivity index (χ4v) is 3.62. The lowest BCUT2D eigenvalue weighted by Crippen LogP contribution is -2.40. The Morgan fingerprint density at radius 2 is 1.74 bits per heavy atom. The average Bonchev–Trinajstić information content (AvgIpc) is 3.22. The molecule has 7 nitrogen and oxygen atoms in total. The number of benzene rings is 2. The number of amides is 3. The molecule has 1 heterocycles. The van der Waals surface area contributed by atoms with Gasteiger partial charge in [0.2, 0.25) is 5.91 Å². The number of hydrogen-bond donors (Lipinski definition) is 2. The van der Waals surface area contributed by atoms with Crippen LogP contribution in [0.15, 0.2) is 54.6 Å². The van der Waals surface area contributed by atoms with Crippen molar-refractivity contribution in [2.45, 2.75) is 53.4 Å². The molecule has 0 spiro atoms. The van der Waals surface area contributed by atoms with Crippen molar-refractivity contribution in [2.24, 2.45) is 0 Å². The third-order valence-electron chi connectivity index (χ3n) is 5.63. The van der Waals surface area contributed by atoms with Gasteiger partial charge in [0.25, 0.3) is 0 Å². The van der Waals surface area contributed by atoms with E-state index in [4.69, 9.17) is 5.10 Å². The Bertz CT molecular complexity index is 1160. The summed E-state index contributed by atoms with van der Waals surface area (Å²) in [5.41, 5.74) is 4.46. The van der Waals surface area contributed by atoms with Gasteiger partial charge in [-0.25, -0.2) is 9.48 Å². The number of likely N-dealkylation sites (N-methyl/N-ethyl adjacent to an activating group) is 1. The maximum absolute atomic E-state index is 13.0. The van der Waals surface area contributed by atoms with E-state index in [9.17, 15) is 9.59 Å². The summed E-state index contributed by atoms with van der Waals surface area (Å²) in [4.78, 5) is 27.4. The van der Waals surface area contributed by atoms with Crippen molar-refractivity contribution in [3.05, 3.63) is 71.4 Å². The molecular formula is C27H35N5O2. The number of anilines is 2. The Morgan fingerprint density at radius 3 is 2.38 bits per heavy atom. The minimum Gasteiger partial charge on any atom is -0.315 e. The molecule has 3 rings (SSSR count). The third kappa shape index (κ3) is 6.04. The second-order valence-corrected chi connectivity index (χ2v) is 9.42. The molecule has 180 valence electrons. The number of aryl methyl sites for hydroxylation is 2. The van der Waals surface area contributed by atoms with Crippen LogP contribution < -0.4 is 10.6 Å². The standard InChI is InChI=1S/C27H35N5O2/c1-7-20-13-9-10-15-22(20)28-26(34)31(8-2)18-25(33)29-24-17-23(27(4,5)6)30-32(24)21-14-11-12-19(3)16-21/h9-17H,7-8,18H2,1-6H3,(H,28,34)(H,29,33). The SMILES string of the molecule is CCc1ccccc1NC(=O)N(CC)CC(=O)Nc1cc(C(C)(C)C)nn1-c1cccc(C)c1. The summed E-state index contributed by atoms with van der Waals surface area (Å²) >= 11 is 0. The number of nitrogens with one attached hydrogen (secondary N) is 2. The van der Waals surface area contributed by atoms with Crippen LogP contribution in [0.5, 0.6) is 0 Å². The molecular weight excluding hydrogens is 426 g/mol. The minimum absolute atomic E-state index is 0.0690. The van der Waals surface area contributed by atoms with Crippen LogP contribution in [0.1, 0.15) is 51.4 Å². The van der Waals surface area contributed by atoms with Crippen molar-refractivity contribution in [1.29, 1.82) is 0 Å². The van der Waals surface area contributed by atoms with Gasteiger partial charge in [-0.05, 0) is 49.6 Å². The number of rotatable bonds is 7. The molecule has 3 amide bonds. The quantitative estimate of drug-likeness (QED) is 0.485. The second-order valence-electron chi connectivity index (χ2n) is 9.42. The molecule has 0 aliphatic heterocycles. The van der Waals surface area contributed by atoms with E-state index >= 15 is 0 Å². The molecule has 0 fully saturated rings. The number of hydrogen-bond acceptors (Lipinski definition) is 3. The fourth-order valence-electron chi connectivity index (χ4n) is 3.62. The summed E-state index contributed by atoms with van der Waals surface area (Å²) in [6, 6.07) is 17.2. The van der Waals surface area contributed by atoms with Gasteiger partial charge in [0.15, 0.2) is 0 Å².